The molecule has 1 aliphatic rings. The Morgan fingerprint density at radius 3 is 2.57 bits per heavy atom. The molecule has 0 aliphatic carbocycles. The van der Waals surface area contributed by atoms with Crippen molar-refractivity contribution in [2.75, 3.05) is 20.2 Å². The van der Waals surface area contributed by atoms with Crippen LogP contribution in [0.1, 0.15) is 22.3 Å². The second kappa shape index (κ2) is 6.74. The lowest BCUT2D eigenvalue weighted by Gasteiger charge is -2.17. The number of hydrogen-bond acceptors (Lipinski definition) is 5. The van der Waals surface area contributed by atoms with Gasteiger partial charge in [-0.1, -0.05) is 0 Å². The minimum Gasteiger partial charge on any atom is -0.465 e. The molecule has 1 aliphatic heterocycles. The first kappa shape index (κ1) is 17.9. The maximum atomic E-state index is 12.5. The van der Waals surface area contributed by atoms with Crippen molar-refractivity contribution >= 4 is 28.4 Å². The van der Waals surface area contributed by atoms with E-state index in [1.807, 2.05) is 0 Å². The maximum absolute atomic E-state index is 12.5. The van der Waals surface area contributed by atoms with E-state index >= 15 is 0 Å². The molecule has 8 heteroatoms. The van der Waals surface area contributed by atoms with Gasteiger partial charge in [-0.05, 0) is 37.1 Å². The molecule has 1 aromatic carbocycles. The third kappa shape index (κ3) is 3.55. The van der Waals surface area contributed by atoms with Gasteiger partial charge in [0.1, 0.15) is 0 Å². The average Bonchev–Trinajstić information content (AvgIpc) is 2.84. The molecule has 2 N–H and O–H groups in total. The van der Waals surface area contributed by atoms with Crippen LogP contribution in [-0.2, 0) is 14.8 Å². The summed E-state index contributed by atoms with van der Waals surface area (Å²) in [7, 11) is -2.26. The van der Waals surface area contributed by atoms with Crippen LogP contribution in [0.5, 0.6) is 0 Å². The molecule has 1 heterocycles. The van der Waals surface area contributed by atoms with Crippen LogP contribution in [0.4, 0.5) is 0 Å². The summed E-state index contributed by atoms with van der Waals surface area (Å²) in [6.07, 6.45) is 0.665. The van der Waals surface area contributed by atoms with Crippen LogP contribution in [0, 0.1) is 6.92 Å². The molecule has 2 rings (SSSR count). The van der Waals surface area contributed by atoms with E-state index in [1.54, 1.807) is 6.92 Å². The van der Waals surface area contributed by atoms with Gasteiger partial charge in [0.25, 0.3) is 0 Å². The Morgan fingerprint density at radius 1 is 1.43 bits per heavy atom. The number of benzene rings is 1. The van der Waals surface area contributed by atoms with Crippen LogP contribution in [0.2, 0.25) is 0 Å². The van der Waals surface area contributed by atoms with E-state index in [1.165, 1.54) is 29.6 Å². The van der Waals surface area contributed by atoms with Gasteiger partial charge in [0.05, 0.1) is 17.6 Å². The van der Waals surface area contributed by atoms with Gasteiger partial charge in [-0.2, -0.15) is 4.31 Å². The minimum absolute atomic E-state index is 0. The van der Waals surface area contributed by atoms with E-state index in [0.29, 0.717) is 30.6 Å². The van der Waals surface area contributed by atoms with Crippen LogP contribution < -0.4 is 5.73 Å². The van der Waals surface area contributed by atoms with Gasteiger partial charge >= 0.3 is 5.97 Å². The van der Waals surface area contributed by atoms with E-state index in [2.05, 4.69) is 4.74 Å². The molecule has 6 nitrogen and oxygen atoms in total. The number of hydrogen-bond donors (Lipinski definition) is 1. The summed E-state index contributed by atoms with van der Waals surface area (Å²) in [5.74, 6) is -0.486. The molecule has 0 aromatic heterocycles. The molecule has 0 radical (unpaired) electrons. The number of sulfonamides is 1. The molecular weight excluding hydrogens is 316 g/mol. The molecule has 1 fully saturated rings. The summed E-state index contributed by atoms with van der Waals surface area (Å²) in [5, 5.41) is 0. The molecule has 0 unspecified atom stereocenters. The fourth-order valence-corrected chi connectivity index (χ4v) is 4.01. The molecular formula is C13H19ClN2O4S. The highest BCUT2D eigenvalue weighted by atomic mass is 35.5. The second-order valence-electron chi connectivity index (χ2n) is 4.88. The van der Waals surface area contributed by atoms with Crippen LogP contribution >= 0.6 is 12.4 Å². The number of carbonyl (C=O) groups is 1. The van der Waals surface area contributed by atoms with Gasteiger partial charge in [-0.3, -0.25) is 0 Å². The SMILES string of the molecule is COC(=O)c1ccc(S(=O)(=O)N2CC[C@@H](N)C2)c(C)c1.Cl. The summed E-state index contributed by atoms with van der Waals surface area (Å²) in [4.78, 5) is 11.6. The van der Waals surface area contributed by atoms with Crippen molar-refractivity contribution in [1.29, 1.82) is 0 Å². The number of nitrogens with two attached hydrogens (primary N) is 1. The van der Waals surface area contributed by atoms with Gasteiger partial charge in [-0.25, -0.2) is 13.2 Å². The van der Waals surface area contributed by atoms with Crippen molar-refractivity contribution in [1.82, 2.24) is 4.31 Å². The number of esters is 1. The van der Waals surface area contributed by atoms with Crippen LogP contribution in [-0.4, -0.2) is 44.9 Å². The van der Waals surface area contributed by atoms with Crippen molar-refractivity contribution in [3.63, 3.8) is 0 Å². The van der Waals surface area contributed by atoms with Crippen molar-refractivity contribution in [2.24, 2.45) is 5.73 Å². The first-order valence-electron chi connectivity index (χ1n) is 6.31. The minimum atomic E-state index is -3.55. The molecule has 1 saturated heterocycles. The Bertz CT molecular complexity index is 633. The number of ether oxygens (including phenoxy) is 1. The summed E-state index contributed by atoms with van der Waals surface area (Å²) in [6, 6.07) is 4.32. The highest BCUT2D eigenvalue weighted by Gasteiger charge is 2.32. The molecule has 118 valence electrons. The third-order valence-corrected chi connectivity index (χ3v) is 5.43. The average molecular weight is 335 g/mol. The van der Waals surface area contributed by atoms with Crippen molar-refractivity contribution in [2.45, 2.75) is 24.3 Å². The summed E-state index contributed by atoms with van der Waals surface area (Å²) >= 11 is 0. The van der Waals surface area contributed by atoms with E-state index in [9.17, 15) is 13.2 Å². The molecule has 1 aromatic rings. The lowest BCUT2D eigenvalue weighted by Crippen LogP contribution is -2.32. The number of halogens is 1. The monoisotopic (exact) mass is 334 g/mol. The third-order valence-electron chi connectivity index (χ3n) is 3.40. The number of rotatable bonds is 3. The Labute approximate surface area is 130 Å². The van der Waals surface area contributed by atoms with Crippen LogP contribution in [0.15, 0.2) is 23.1 Å². The van der Waals surface area contributed by atoms with Gasteiger partial charge < -0.3 is 10.5 Å². The molecule has 0 saturated carbocycles. The molecule has 0 bridgehead atoms. The standard InChI is InChI=1S/C13H18N2O4S.ClH/c1-9-7-10(13(16)19-2)3-4-12(9)20(17,18)15-6-5-11(14)8-15;/h3-4,7,11H,5-6,8,14H2,1-2H3;1H/t11-;/m1./s1. The number of methoxy groups -OCH3 is 1. The molecule has 21 heavy (non-hydrogen) atoms. The Hall–Kier alpha value is -1.15. The first-order valence-corrected chi connectivity index (χ1v) is 7.75. The number of nitrogens with zero attached hydrogens (tertiary/aromatic N) is 1. The van der Waals surface area contributed by atoms with E-state index in [0.717, 1.165) is 0 Å². The quantitative estimate of drug-likeness (QED) is 0.830. The maximum Gasteiger partial charge on any atom is 0.337 e. The predicted octanol–water partition coefficient (Wildman–Crippen LogP) is 0.925. The number of aryl methyl sites for hydroxylation is 1. The summed E-state index contributed by atoms with van der Waals surface area (Å²) in [6.45, 7) is 2.43. The first-order chi connectivity index (χ1) is 9.36. The topological polar surface area (TPSA) is 89.7 Å². The normalized spacial score (nSPS) is 19.1. The summed E-state index contributed by atoms with van der Waals surface area (Å²) < 4.78 is 31.0. The molecule has 0 amide bonds. The lowest BCUT2D eigenvalue weighted by molar-refractivity contribution is 0.0600. The van der Waals surface area contributed by atoms with Crippen molar-refractivity contribution in [3.05, 3.63) is 29.3 Å². The zero-order chi connectivity index (χ0) is 14.9. The van der Waals surface area contributed by atoms with Crippen molar-refractivity contribution in [3.8, 4) is 0 Å². The zero-order valence-electron chi connectivity index (χ0n) is 11.9. The van der Waals surface area contributed by atoms with Gasteiger partial charge in [0, 0.05) is 19.1 Å². The van der Waals surface area contributed by atoms with Gasteiger partial charge in [0.15, 0.2) is 0 Å². The van der Waals surface area contributed by atoms with Gasteiger partial charge in [-0.15, -0.1) is 12.4 Å². The molecule has 0 spiro atoms. The summed E-state index contributed by atoms with van der Waals surface area (Å²) in [5.41, 5.74) is 6.61. The smallest absolute Gasteiger partial charge is 0.337 e. The Kier molecular flexibility index (Phi) is 5.75. The Balaban J connectivity index is 0.00000220. The highest BCUT2D eigenvalue weighted by molar-refractivity contribution is 7.89. The Morgan fingerprint density at radius 2 is 2.10 bits per heavy atom. The molecule has 1 atom stereocenters. The largest absolute Gasteiger partial charge is 0.465 e. The fourth-order valence-electron chi connectivity index (χ4n) is 2.29. The van der Waals surface area contributed by atoms with E-state index < -0.39 is 16.0 Å². The van der Waals surface area contributed by atoms with Gasteiger partial charge in [0.2, 0.25) is 10.0 Å². The van der Waals surface area contributed by atoms with Crippen LogP contribution in [0.3, 0.4) is 0 Å². The van der Waals surface area contributed by atoms with E-state index in [-0.39, 0.29) is 23.3 Å². The zero-order valence-corrected chi connectivity index (χ0v) is 13.5. The van der Waals surface area contributed by atoms with Crippen molar-refractivity contribution < 1.29 is 17.9 Å². The second-order valence-corrected chi connectivity index (χ2v) is 6.79. The fraction of sp³-hybridized carbons (Fsp3) is 0.462. The van der Waals surface area contributed by atoms with Crippen LogP contribution in [0.25, 0.3) is 0 Å². The lowest BCUT2D eigenvalue weighted by atomic mass is 10.1. The predicted molar refractivity (Wildman–Crippen MR) is 81.1 cm³/mol. The highest BCUT2D eigenvalue weighted by Crippen LogP contribution is 2.24. The van der Waals surface area contributed by atoms with E-state index in [4.69, 9.17) is 5.73 Å². The number of carbonyl (C=O) groups excluding carboxylic acids is 1.